The Morgan fingerprint density at radius 2 is 1.93 bits per heavy atom. The molecule has 6 heteroatoms. The number of benzene rings is 1. The first-order chi connectivity index (χ1) is 13.1. The number of fused-ring (bicyclic) bond motifs is 3. The summed E-state index contributed by atoms with van der Waals surface area (Å²) < 4.78 is 28.3. The number of aromatic nitrogens is 2. The van der Waals surface area contributed by atoms with Crippen molar-refractivity contribution < 1.29 is 9.13 Å². The molecule has 0 radical (unpaired) electrons. The molecule has 4 nitrogen and oxygen atoms in total. The maximum absolute atomic E-state index is 13.1. The van der Waals surface area contributed by atoms with Crippen LogP contribution in [0.15, 0.2) is 24.3 Å². The summed E-state index contributed by atoms with van der Waals surface area (Å²) in [6, 6.07) is 6.21. The zero-order valence-corrected chi connectivity index (χ0v) is 16.5. The Balaban J connectivity index is 1.52. The number of rotatable bonds is 4. The van der Waals surface area contributed by atoms with Crippen molar-refractivity contribution in [2.75, 3.05) is 19.6 Å². The second-order valence-electron chi connectivity index (χ2n) is 7.76. The SMILES string of the molecule is CC(C)C(C#Cc1ccc(F)cc1)Oc1nsnc1[C@@H]1CN2CCC1CC2. The minimum absolute atomic E-state index is 0.207. The summed E-state index contributed by atoms with van der Waals surface area (Å²) in [6.07, 6.45) is 2.19. The van der Waals surface area contributed by atoms with Gasteiger partial charge in [0.15, 0.2) is 6.10 Å². The van der Waals surface area contributed by atoms with E-state index in [1.807, 2.05) is 0 Å². The van der Waals surface area contributed by atoms with Gasteiger partial charge in [-0.25, -0.2) is 4.39 Å². The fourth-order valence-corrected chi connectivity index (χ4v) is 4.46. The van der Waals surface area contributed by atoms with E-state index in [-0.39, 0.29) is 17.8 Å². The monoisotopic (exact) mass is 385 g/mol. The van der Waals surface area contributed by atoms with Crippen LogP contribution in [0.3, 0.4) is 0 Å². The highest BCUT2D eigenvalue weighted by atomic mass is 32.1. The Morgan fingerprint density at radius 1 is 1.19 bits per heavy atom. The summed E-state index contributed by atoms with van der Waals surface area (Å²) >= 11 is 1.22. The van der Waals surface area contributed by atoms with Crippen molar-refractivity contribution in [2.24, 2.45) is 11.8 Å². The molecule has 2 bridgehead atoms. The number of hydrogen-bond donors (Lipinski definition) is 0. The molecule has 3 aliphatic rings. The van der Waals surface area contributed by atoms with Gasteiger partial charge in [-0.05, 0) is 56.1 Å². The number of ether oxygens (including phenoxy) is 1. The number of hydrogen-bond acceptors (Lipinski definition) is 5. The van der Waals surface area contributed by atoms with Crippen molar-refractivity contribution in [3.63, 3.8) is 0 Å². The lowest BCUT2D eigenvalue weighted by Crippen LogP contribution is -2.46. The molecular formula is C21H24FN3OS. The van der Waals surface area contributed by atoms with E-state index < -0.39 is 0 Å². The van der Waals surface area contributed by atoms with Crippen LogP contribution in [0.25, 0.3) is 0 Å². The quantitative estimate of drug-likeness (QED) is 0.747. The predicted octanol–water partition coefficient (Wildman–Crippen LogP) is 3.94. The fraction of sp³-hybridized carbons (Fsp3) is 0.524. The van der Waals surface area contributed by atoms with E-state index in [9.17, 15) is 4.39 Å². The van der Waals surface area contributed by atoms with E-state index in [2.05, 4.69) is 39.3 Å². The van der Waals surface area contributed by atoms with Crippen LogP contribution in [-0.2, 0) is 0 Å². The van der Waals surface area contributed by atoms with E-state index in [1.54, 1.807) is 12.1 Å². The Morgan fingerprint density at radius 3 is 2.56 bits per heavy atom. The highest BCUT2D eigenvalue weighted by Gasteiger charge is 2.38. The molecule has 0 amide bonds. The Bertz CT molecular complexity index is 831. The summed E-state index contributed by atoms with van der Waals surface area (Å²) in [5.41, 5.74) is 1.78. The van der Waals surface area contributed by atoms with Crippen LogP contribution in [0, 0.1) is 29.5 Å². The highest BCUT2D eigenvalue weighted by molar-refractivity contribution is 6.99. The molecule has 0 aliphatic carbocycles. The smallest absolute Gasteiger partial charge is 0.250 e. The molecule has 0 N–H and O–H groups in total. The Hall–Kier alpha value is -1.97. The van der Waals surface area contributed by atoms with Gasteiger partial charge in [-0.1, -0.05) is 25.7 Å². The van der Waals surface area contributed by atoms with Gasteiger partial charge in [-0.3, -0.25) is 0 Å². The molecule has 2 atom stereocenters. The lowest BCUT2D eigenvalue weighted by molar-refractivity contribution is 0.0829. The van der Waals surface area contributed by atoms with Crippen molar-refractivity contribution in [2.45, 2.75) is 38.7 Å². The van der Waals surface area contributed by atoms with Crippen LogP contribution in [0.5, 0.6) is 5.88 Å². The van der Waals surface area contributed by atoms with Crippen LogP contribution in [-0.4, -0.2) is 39.4 Å². The van der Waals surface area contributed by atoms with E-state index in [4.69, 9.17) is 4.74 Å². The standard InChI is InChI=1S/C21H24FN3OS/c1-14(2)19(8-5-15-3-6-17(22)7-4-15)26-21-20(23-27-24-21)18-13-25-11-9-16(18)10-12-25/h3-4,6-7,14,16,18-19H,9-13H2,1-2H3/t18-,19?/m1/s1. The van der Waals surface area contributed by atoms with Gasteiger partial charge in [0.25, 0.3) is 5.88 Å². The van der Waals surface area contributed by atoms with E-state index in [1.165, 1.54) is 49.8 Å². The third-order valence-corrected chi connectivity index (χ3v) is 6.06. The van der Waals surface area contributed by atoms with E-state index in [0.717, 1.165) is 17.8 Å². The molecule has 0 spiro atoms. The number of piperidine rings is 3. The fourth-order valence-electron chi connectivity index (χ4n) is 3.91. The normalized spacial score (nSPS) is 25.1. The van der Waals surface area contributed by atoms with Gasteiger partial charge < -0.3 is 9.64 Å². The Labute approximate surface area is 164 Å². The third kappa shape index (κ3) is 4.15. The van der Waals surface area contributed by atoms with Crippen LogP contribution < -0.4 is 4.74 Å². The van der Waals surface area contributed by atoms with Crippen molar-refractivity contribution in [3.8, 4) is 17.7 Å². The molecule has 3 saturated heterocycles. The molecule has 1 aromatic carbocycles. The summed E-state index contributed by atoms with van der Waals surface area (Å²) in [7, 11) is 0. The molecule has 142 valence electrons. The van der Waals surface area contributed by atoms with Crippen molar-refractivity contribution in [1.82, 2.24) is 13.6 Å². The van der Waals surface area contributed by atoms with Crippen molar-refractivity contribution in [1.29, 1.82) is 0 Å². The first-order valence-electron chi connectivity index (χ1n) is 9.58. The van der Waals surface area contributed by atoms with Gasteiger partial charge in [0.05, 0.1) is 11.7 Å². The minimum atomic E-state index is -0.279. The zero-order valence-electron chi connectivity index (χ0n) is 15.7. The molecule has 3 aliphatic heterocycles. The summed E-state index contributed by atoms with van der Waals surface area (Å²) in [5.74, 6) is 7.98. The minimum Gasteiger partial charge on any atom is -0.459 e. The third-order valence-electron chi connectivity index (χ3n) is 5.54. The topological polar surface area (TPSA) is 38.3 Å². The largest absolute Gasteiger partial charge is 0.459 e. The maximum atomic E-state index is 13.1. The van der Waals surface area contributed by atoms with Crippen LogP contribution in [0.2, 0.25) is 0 Å². The molecule has 2 aromatic rings. The van der Waals surface area contributed by atoms with Crippen molar-refractivity contribution in [3.05, 3.63) is 41.3 Å². The molecule has 1 aromatic heterocycles. The average Bonchev–Trinajstić information content (AvgIpc) is 3.15. The zero-order chi connectivity index (χ0) is 18.8. The van der Waals surface area contributed by atoms with Gasteiger partial charge in [0, 0.05) is 23.9 Å². The van der Waals surface area contributed by atoms with Gasteiger partial charge >= 0.3 is 0 Å². The summed E-state index contributed by atoms with van der Waals surface area (Å²) in [5, 5.41) is 0. The van der Waals surface area contributed by atoms with Crippen LogP contribution in [0.4, 0.5) is 4.39 Å². The van der Waals surface area contributed by atoms with Crippen LogP contribution >= 0.6 is 11.7 Å². The molecule has 27 heavy (non-hydrogen) atoms. The Kier molecular flexibility index (Phi) is 5.42. The van der Waals surface area contributed by atoms with Gasteiger partial charge in [-0.2, -0.15) is 4.37 Å². The average molecular weight is 386 g/mol. The van der Waals surface area contributed by atoms with Gasteiger partial charge in [0.2, 0.25) is 0 Å². The number of halogens is 1. The molecule has 5 rings (SSSR count). The first kappa shape index (κ1) is 18.4. The molecule has 3 fully saturated rings. The second-order valence-corrected chi connectivity index (χ2v) is 8.29. The lowest BCUT2D eigenvalue weighted by Gasteiger charge is -2.44. The maximum Gasteiger partial charge on any atom is 0.250 e. The van der Waals surface area contributed by atoms with Crippen molar-refractivity contribution >= 4 is 11.7 Å². The molecule has 1 unspecified atom stereocenters. The van der Waals surface area contributed by atoms with Gasteiger partial charge in [-0.15, -0.1) is 4.37 Å². The summed E-state index contributed by atoms with van der Waals surface area (Å²) in [4.78, 5) is 2.52. The van der Waals surface area contributed by atoms with Crippen LogP contribution in [0.1, 0.15) is 43.9 Å². The second kappa shape index (κ2) is 7.95. The molecule has 4 heterocycles. The van der Waals surface area contributed by atoms with E-state index in [0.29, 0.717) is 17.7 Å². The highest BCUT2D eigenvalue weighted by Crippen LogP contribution is 2.41. The van der Waals surface area contributed by atoms with Gasteiger partial charge in [0.1, 0.15) is 11.5 Å². The van der Waals surface area contributed by atoms with E-state index >= 15 is 0 Å². The first-order valence-corrected chi connectivity index (χ1v) is 10.3. The molecule has 0 saturated carbocycles. The predicted molar refractivity (Wildman–Crippen MR) is 104 cm³/mol. The lowest BCUT2D eigenvalue weighted by atomic mass is 9.77. The number of nitrogens with zero attached hydrogens (tertiary/aromatic N) is 3. The molecular weight excluding hydrogens is 361 g/mol. The summed E-state index contributed by atoms with van der Waals surface area (Å²) in [6.45, 7) is 7.62.